The predicted octanol–water partition coefficient (Wildman–Crippen LogP) is 8.86. The monoisotopic (exact) mass is 951 g/mol. The first-order chi connectivity index (χ1) is 31.8. The van der Waals surface area contributed by atoms with E-state index < -0.39 is 11.2 Å². The van der Waals surface area contributed by atoms with Crippen LogP contribution in [0.4, 0.5) is 9.59 Å². The summed E-state index contributed by atoms with van der Waals surface area (Å²) in [4.78, 5) is 57.6. The Labute approximate surface area is 408 Å². The van der Waals surface area contributed by atoms with Gasteiger partial charge in [-0.25, -0.2) is 9.59 Å². The van der Waals surface area contributed by atoms with E-state index in [1.807, 2.05) is 53.9 Å². The van der Waals surface area contributed by atoms with E-state index in [1.165, 1.54) is 22.5 Å². The van der Waals surface area contributed by atoms with Gasteiger partial charge < -0.3 is 39.7 Å². The number of nitrogens with zero attached hydrogens (tertiary/aromatic N) is 6. The number of carbonyl (C=O) groups excluding carboxylic acids is 4. The lowest BCUT2D eigenvalue weighted by atomic mass is 9.69. The summed E-state index contributed by atoms with van der Waals surface area (Å²) in [5.41, 5.74) is 3.50. The van der Waals surface area contributed by atoms with Gasteiger partial charge in [0.1, 0.15) is 11.2 Å². The van der Waals surface area contributed by atoms with E-state index in [-0.39, 0.29) is 45.9 Å². The number of likely N-dealkylation sites (N-methyl/N-ethyl adjacent to an activating group) is 4. The van der Waals surface area contributed by atoms with E-state index in [9.17, 15) is 19.2 Å². The molecule has 384 valence electrons. The molecule has 0 aromatic carbocycles. The van der Waals surface area contributed by atoms with Gasteiger partial charge in [0.25, 0.3) is 0 Å². The number of H-pyrrole nitrogens is 2. The topological polar surface area (TPSA) is 181 Å². The summed E-state index contributed by atoms with van der Waals surface area (Å²) in [6.07, 6.45) is 17.2. The Morgan fingerprint density at radius 2 is 0.912 bits per heavy atom. The zero-order chi connectivity index (χ0) is 50.3. The van der Waals surface area contributed by atoms with Crippen LogP contribution in [0.2, 0.25) is 0 Å². The Bertz CT molecular complexity index is 1830. The third kappa shape index (κ3) is 13.6. The molecule has 2 aliphatic carbocycles. The van der Waals surface area contributed by atoms with Crippen molar-refractivity contribution in [3.63, 3.8) is 0 Å². The second-order valence-corrected chi connectivity index (χ2v) is 23.2. The molecule has 0 radical (unpaired) electrons. The van der Waals surface area contributed by atoms with Gasteiger partial charge in [-0.15, -0.1) is 0 Å². The summed E-state index contributed by atoms with van der Waals surface area (Å²) in [5, 5.41) is 22.1. The number of aromatic nitrogens is 4. The second kappa shape index (κ2) is 22.3. The number of nitrogens with one attached hydrogen (secondary N) is 4. The van der Waals surface area contributed by atoms with Crippen molar-refractivity contribution in [1.82, 2.24) is 50.6 Å². The van der Waals surface area contributed by atoms with Gasteiger partial charge in [0.05, 0.1) is 23.2 Å². The molecule has 2 aromatic heterocycles. The van der Waals surface area contributed by atoms with Crippen molar-refractivity contribution in [2.24, 2.45) is 10.8 Å². The van der Waals surface area contributed by atoms with Crippen LogP contribution in [0, 0.1) is 10.8 Å². The molecule has 2 saturated carbocycles. The lowest BCUT2D eigenvalue weighted by Crippen LogP contribution is -2.44. The van der Waals surface area contributed by atoms with Crippen LogP contribution in [0.15, 0.2) is 12.4 Å². The fourth-order valence-electron chi connectivity index (χ4n) is 11.3. The van der Waals surface area contributed by atoms with Gasteiger partial charge in [-0.05, 0) is 146 Å². The molecule has 2 aromatic rings. The SMILES string of the molecule is CCC1(CC)CC2(CCC(c3[nH]ncc3CN(C)CCN(C)C(=O)OC(C)(C)C)CC2)NC1=O.CCC1(CC)CC2(CCC(c3[nH]ncc3CN(C)CCN(C)C(=O)OC(C)(C)C)CC2)NC1=O. The summed E-state index contributed by atoms with van der Waals surface area (Å²) >= 11 is 0. The highest BCUT2D eigenvalue weighted by atomic mass is 16.6. The molecule has 4 heterocycles. The van der Waals surface area contributed by atoms with Crippen LogP contribution in [0.25, 0.3) is 0 Å². The van der Waals surface area contributed by atoms with Gasteiger partial charge in [0.2, 0.25) is 11.8 Å². The van der Waals surface area contributed by atoms with Gasteiger partial charge in [-0.3, -0.25) is 19.8 Å². The Morgan fingerprint density at radius 1 is 0.588 bits per heavy atom. The van der Waals surface area contributed by atoms with Crippen LogP contribution in [0.1, 0.15) is 193 Å². The third-order valence-electron chi connectivity index (χ3n) is 15.9. The highest BCUT2D eigenvalue weighted by Gasteiger charge is 2.54. The maximum atomic E-state index is 12.8. The molecule has 4 fully saturated rings. The molecule has 4 N–H and O–H groups in total. The van der Waals surface area contributed by atoms with Crippen LogP contribution in [0.5, 0.6) is 0 Å². The average Bonchev–Trinajstić information content (AvgIpc) is 4.06. The van der Waals surface area contributed by atoms with E-state index in [0.29, 0.717) is 24.9 Å². The number of aromatic amines is 2. The standard InChI is InChI=1S/2C26H45N5O3/c2*1-8-25(9-2)18-26(28-22(25)32)12-10-19(11-13-26)21-20(16-27-29-21)17-30(6)14-15-31(7)23(33)34-24(3,4)5/h2*16,19H,8-15,17-18H2,1-7H3,(H,27,29)(H,28,32). The number of hydrogen-bond donors (Lipinski definition) is 4. The Kier molecular flexibility index (Phi) is 17.9. The molecule has 16 nitrogen and oxygen atoms in total. The normalized spacial score (nSPS) is 24.5. The number of carbonyl (C=O) groups is 4. The molecule has 4 amide bonds. The fourth-order valence-corrected chi connectivity index (χ4v) is 11.3. The van der Waals surface area contributed by atoms with Gasteiger partial charge >= 0.3 is 12.2 Å². The Balaban J connectivity index is 0.000000254. The van der Waals surface area contributed by atoms with Gasteiger partial charge in [-0.1, -0.05) is 27.7 Å². The Hall–Kier alpha value is -4.18. The first-order valence-electron chi connectivity index (χ1n) is 25.8. The highest BCUT2D eigenvalue weighted by Crippen LogP contribution is 2.51. The van der Waals surface area contributed by atoms with Crippen molar-refractivity contribution in [1.29, 1.82) is 0 Å². The number of amides is 4. The molecule has 6 rings (SSSR count). The molecule has 68 heavy (non-hydrogen) atoms. The number of hydrogen-bond acceptors (Lipinski definition) is 10. The molecule has 0 unspecified atom stereocenters. The summed E-state index contributed by atoms with van der Waals surface area (Å²) in [6, 6.07) is 0. The molecule has 2 aliphatic heterocycles. The van der Waals surface area contributed by atoms with E-state index >= 15 is 0 Å². The molecule has 4 aliphatic rings. The van der Waals surface area contributed by atoms with E-state index in [0.717, 1.165) is 116 Å². The largest absolute Gasteiger partial charge is 0.444 e. The second-order valence-electron chi connectivity index (χ2n) is 23.2. The minimum atomic E-state index is -0.489. The van der Waals surface area contributed by atoms with E-state index in [2.05, 4.69) is 82.6 Å². The number of ether oxygens (including phenoxy) is 2. The minimum Gasteiger partial charge on any atom is -0.444 e. The van der Waals surface area contributed by atoms with Crippen molar-refractivity contribution < 1.29 is 28.7 Å². The van der Waals surface area contributed by atoms with Crippen molar-refractivity contribution in [2.45, 2.75) is 206 Å². The van der Waals surface area contributed by atoms with E-state index in [1.54, 1.807) is 23.9 Å². The predicted molar refractivity (Wildman–Crippen MR) is 267 cm³/mol. The summed E-state index contributed by atoms with van der Waals surface area (Å²) in [6.45, 7) is 24.1. The molecule has 2 spiro atoms. The first kappa shape index (κ1) is 54.8. The van der Waals surface area contributed by atoms with Crippen molar-refractivity contribution >= 4 is 24.0 Å². The molecular formula is C52H90N10O6. The molecular weight excluding hydrogens is 861 g/mol. The van der Waals surface area contributed by atoms with Crippen LogP contribution in [-0.4, -0.2) is 141 Å². The molecule has 0 atom stereocenters. The van der Waals surface area contributed by atoms with Crippen LogP contribution in [-0.2, 0) is 32.2 Å². The summed E-state index contributed by atoms with van der Waals surface area (Å²) in [7, 11) is 7.69. The summed E-state index contributed by atoms with van der Waals surface area (Å²) in [5.74, 6) is 1.40. The zero-order valence-electron chi connectivity index (χ0n) is 44.6. The third-order valence-corrected chi connectivity index (χ3v) is 15.9. The average molecular weight is 951 g/mol. The van der Waals surface area contributed by atoms with Gasteiger partial charge in [-0.2, -0.15) is 10.2 Å². The lowest BCUT2D eigenvalue weighted by molar-refractivity contribution is -0.129. The highest BCUT2D eigenvalue weighted by molar-refractivity contribution is 5.86. The first-order valence-corrected chi connectivity index (χ1v) is 25.8. The van der Waals surface area contributed by atoms with Crippen LogP contribution >= 0.6 is 0 Å². The minimum absolute atomic E-state index is 0.0250. The van der Waals surface area contributed by atoms with E-state index in [4.69, 9.17) is 9.47 Å². The van der Waals surface area contributed by atoms with Crippen molar-refractivity contribution in [3.05, 3.63) is 34.9 Å². The smallest absolute Gasteiger partial charge is 0.410 e. The van der Waals surface area contributed by atoms with Crippen molar-refractivity contribution in [2.75, 3.05) is 54.4 Å². The molecule has 0 bridgehead atoms. The molecule has 16 heteroatoms. The summed E-state index contributed by atoms with van der Waals surface area (Å²) < 4.78 is 10.9. The Morgan fingerprint density at radius 3 is 1.19 bits per heavy atom. The van der Waals surface area contributed by atoms with Gasteiger partial charge in [0, 0.05) is 98.8 Å². The lowest BCUT2D eigenvalue weighted by Gasteiger charge is -2.38. The van der Waals surface area contributed by atoms with Gasteiger partial charge in [0.15, 0.2) is 0 Å². The quantitative estimate of drug-likeness (QED) is 0.127. The number of rotatable bonds is 16. The van der Waals surface area contributed by atoms with Crippen molar-refractivity contribution in [3.8, 4) is 0 Å². The maximum Gasteiger partial charge on any atom is 0.410 e. The zero-order valence-corrected chi connectivity index (χ0v) is 44.6. The van der Waals surface area contributed by atoms with Crippen LogP contribution < -0.4 is 10.6 Å². The molecule has 2 saturated heterocycles. The maximum absolute atomic E-state index is 12.8. The fraction of sp³-hybridized carbons (Fsp3) is 0.808. The van der Waals surface area contributed by atoms with Crippen LogP contribution in [0.3, 0.4) is 0 Å².